The van der Waals surface area contributed by atoms with Crippen molar-refractivity contribution in [1.82, 2.24) is 4.72 Å². The van der Waals surface area contributed by atoms with E-state index in [1.54, 1.807) is 0 Å². The Morgan fingerprint density at radius 2 is 1.54 bits per heavy atom. The second-order valence-electron chi connectivity index (χ2n) is 6.90. The fourth-order valence-electron chi connectivity index (χ4n) is 3.64. The van der Waals surface area contributed by atoms with Crippen LogP contribution in [0, 0.1) is 0 Å². The van der Waals surface area contributed by atoms with Crippen LogP contribution in [0.2, 0.25) is 0 Å². The summed E-state index contributed by atoms with van der Waals surface area (Å²) >= 11 is 0. The molecule has 1 saturated carbocycles. The Morgan fingerprint density at radius 3 is 2.18 bits per heavy atom. The van der Waals surface area contributed by atoms with Crippen LogP contribution in [0.4, 0.5) is 13.2 Å². The van der Waals surface area contributed by atoms with Gasteiger partial charge in [-0.1, -0.05) is 49.6 Å². The van der Waals surface area contributed by atoms with Gasteiger partial charge in [-0.15, -0.1) is 13.2 Å². The SMILES string of the molecule is O=S(=O)(N[C@@H]1CCCCC[C@@H]1c1ccccc1)c1ccc(OC(F)(F)F)cc1. The molecule has 2 aromatic carbocycles. The molecule has 0 aliphatic heterocycles. The first kappa shape index (κ1) is 20.7. The number of sulfonamides is 1. The topological polar surface area (TPSA) is 55.4 Å². The number of ether oxygens (including phenoxy) is 1. The van der Waals surface area contributed by atoms with E-state index >= 15 is 0 Å². The molecular weight excluding hydrogens is 391 g/mol. The maximum Gasteiger partial charge on any atom is 0.573 e. The van der Waals surface area contributed by atoms with Gasteiger partial charge in [0, 0.05) is 12.0 Å². The van der Waals surface area contributed by atoms with E-state index in [0.717, 1.165) is 55.5 Å². The first-order chi connectivity index (χ1) is 13.2. The first-order valence-corrected chi connectivity index (χ1v) is 10.7. The van der Waals surface area contributed by atoms with Gasteiger partial charge < -0.3 is 4.74 Å². The smallest absolute Gasteiger partial charge is 0.406 e. The summed E-state index contributed by atoms with van der Waals surface area (Å²) < 4.78 is 69.0. The average molecular weight is 413 g/mol. The van der Waals surface area contributed by atoms with E-state index in [0.29, 0.717) is 6.42 Å². The number of alkyl halides is 3. The van der Waals surface area contributed by atoms with Crippen molar-refractivity contribution in [2.75, 3.05) is 0 Å². The van der Waals surface area contributed by atoms with Gasteiger partial charge in [-0.2, -0.15) is 0 Å². The Labute approximate surface area is 162 Å². The monoisotopic (exact) mass is 413 g/mol. The minimum atomic E-state index is -4.82. The van der Waals surface area contributed by atoms with Crippen LogP contribution in [-0.2, 0) is 10.0 Å². The predicted octanol–water partition coefficient (Wildman–Crippen LogP) is 4.98. The molecule has 1 aliphatic carbocycles. The third-order valence-electron chi connectivity index (χ3n) is 4.92. The van der Waals surface area contributed by atoms with Gasteiger partial charge in [-0.25, -0.2) is 13.1 Å². The van der Waals surface area contributed by atoms with E-state index in [9.17, 15) is 21.6 Å². The molecule has 152 valence electrons. The van der Waals surface area contributed by atoms with Gasteiger partial charge in [-0.05, 0) is 42.7 Å². The molecule has 28 heavy (non-hydrogen) atoms. The molecule has 4 nitrogen and oxygen atoms in total. The van der Waals surface area contributed by atoms with Crippen LogP contribution < -0.4 is 9.46 Å². The van der Waals surface area contributed by atoms with Crippen molar-refractivity contribution in [3.05, 3.63) is 60.2 Å². The second kappa shape index (κ2) is 8.53. The molecule has 0 unspecified atom stereocenters. The number of rotatable bonds is 5. The van der Waals surface area contributed by atoms with Crippen molar-refractivity contribution in [3.63, 3.8) is 0 Å². The Bertz CT molecular complexity index is 868. The fraction of sp³-hybridized carbons (Fsp3) is 0.400. The molecule has 0 radical (unpaired) electrons. The summed E-state index contributed by atoms with van der Waals surface area (Å²) in [5.74, 6) is -0.394. The van der Waals surface area contributed by atoms with Crippen molar-refractivity contribution in [3.8, 4) is 5.75 Å². The lowest BCUT2D eigenvalue weighted by atomic mass is 9.88. The quantitative estimate of drug-likeness (QED) is 0.704. The summed E-state index contributed by atoms with van der Waals surface area (Å²) in [5.41, 5.74) is 1.09. The molecule has 0 aromatic heterocycles. The number of benzene rings is 2. The van der Waals surface area contributed by atoms with Gasteiger partial charge in [-0.3, -0.25) is 0 Å². The first-order valence-electron chi connectivity index (χ1n) is 9.18. The molecule has 3 rings (SSSR count). The Kier molecular flexibility index (Phi) is 6.30. The van der Waals surface area contributed by atoms with Crippen LogP contribution >= 0.6 is 0 Å². The van der Waals surface area contributed by atoms with E-state index in [1.807, 2.05) is 30.3 Å². The summed E-state index contributed by atoms with van der Waals surface area (Å²) in [6.45, 7) is 0. The van der Waals surface area contributed by atoms with Gasteiger partial charge in [0.25, 0.3) is 0 Å². The summed E-state index contributed by atoms with van der Waals surface area (Å²) in [6.07, 6.45) is -0.216. The van der Waals surface area contributed by atoms with E-state index in [1.165, 1.54) is 0 Å². The van der Waals surface area contributed by atoms with Gasteiger partial charge in [0.05, 0.1) is 4.90 Å². The second-order valence-corrected chi connectivity index (χ2v) is 8.62. The molecule has 0 saturated heterocycles. The molecule has 2 aromatic rings. The van der Waals surface area contributed by atoms with Crippen molar-refractivity contribution in [2.24, 2.45) is 0 Å². The van der Waals surface area contributed by atoms with Crippen LogP contribution in [0.15, 0.2) is 59.5 Å². The molecule has 0 spiro atoms. The van der Waals surface area contributed by atoms with Crippen LogP contribution in [0.1, 0.15) is 43.6 Å². The third kappa shape index (κ3) is 5.48. The number of hydrogen-bond donors (Lipinski definition) is 1. The lowest BCUT2D eigenvalue weighted by Gasteiger charge is -2.26. The highest BCUT2D eigenvalue weighted by Crippen LogP contribution is 2.33. The zero-order valence-electron chi connectivity index (χ0n) is 15.2. The maximum atomic E-state index is 12.8. The average Bonchev–Trinajstić information content (AvgIpc) is 2.86. The highest BCUT2D eigenvalue weighted by Gasteiger charge is 2.32. The van der Waals surface area contributed by atoms with E-state index in [4.69, 9.17) is 0 Å². The molecule has 8 heteroatoms. The van der Waals surface area contributed by atoms with E-state index < -0.39 is 22.1 Å². The lowest BCUT2D eigenvalue weighted by Crippen LogP contribution is -2.38. The Hall–Kier alpha value is -2.06. The highest BCUT2D eigenvalue weighted by molar-refractivity contribution is 7.89. The standard InChI is InChI=1S/C20H22F3NO3S/c21-20(22,23)27-16-11-13-17(14-12-16)28(25,26)24-19-10-6-2-5-9-18(19)15-7-3-1-4-8-15/h1,3-4,7-8,11-14,18-19,24H,2,5-6,9-10H2/t18-,19-/m1/s1. The minimum absolute atomic E-state index is 0.0614. The molecular formula is C20H22F3NO3S. The zero-order chi connectivity index (χ0) is 20.2. The van der Waals surface area contributed by atoms with Crippen molar-refractivity contribution >= 4 is 10.0 Å². The molecule has 2 atom stereocenters. The Balaban J connectivity index is 1.79. The lowest BCUT2D eigenvalue weighted by molar-refractivity contribution is -0.274. The van der Waals surface area contributed by atoms with Gasteiger partial charge in [0.2, 0.25) is 10.0 Å². The molecule has 0 bridgehead atoms. The Morgan fingerprint density at radius 1 is 0.893 bits per heavy atom. The molecule has 1 N–H and O–H groups in total. The summed E-state index contributed by atoms with van der Waals surface area (Å²) in [6, 6.07) is 13.8. The third-order valence-corrected chi connectivity index (χ3v) is 6.42. The van der Waals surface area contributed by atoms with Gasteiger partial charge in [0.1, 0.15) is 5.75 Å². The number of hydrogen-bond acceptors (Lipinski definition) is 3. The molecule has 1 aliphatic rings. The van der Waals surface area contributed by atoms with Gasteiger partial charge in [0.15, 0.2) is 0 Å². The maximum absolute atomic E-state index is 12.8. The normalized spacial score (nSPS) is 21.1. The summed E-state index contributed by atoms with van der Waals surface area (Å²) in [7, 11) is -3.86. The van der Waals surface area contributed by atoms with Crippen LogP contribution in [-0.4, -0.2) is 20.8 Å². The summed E-state index contributed by atoms with van der Waals surface area (Å²) in [5, 5.41) is 0. The van der Waals surface area contributed by atoms with Crippen LogP contribution in [0.3, 0.4) is 0 Å². The van der Waals surface area contributed by atoms with Gasteiger partial charge >= 0.3 is 6.36 Å². The van der Waals surface area contributed by atoms with E-state index in [2.05, 4.69) is 9.46 Å². The highest BCUT2D eigenvalue weighted by atomic mass is 32.2. The molecule has 0 amide bonds. The minimum Gasteiger partial charge on any atom is -0.406 e. The van der Waals surface area contributed by atoms with Crippen LogP contribution in [0.5, 0.6) is 5.75 Å². The van der Waals surface area contributed by atoms with Crippen molar-refractivity contribution in [1.29, 1.82) is 0 Å². The zero-order valence-corrected chi connectivity index (χ0v) is 16.0. The summed E-state index contributed by atoms with van der Waals surface area (Å²) in [4.78, 5) is -0.0851. The molecule has 0 heterocycles. The largest absolute Gasteiger partial charge is 0.573 e. The van der Waals surface area contributed by atoms with E-state index in [-0.39, 0.29) is 16.9 Å². The van der Waals surface area contributed by atoms with Crippen LogP contribution in [0.25, 0.3) is 0 Å². The fourth-order valence-corrected chi connectivity index (χ4v) is 4.95. The molecule has 1 fully saturated rings. The number of halogens is 3. The van der Waals surface area contributed by atoms with Crippen molar-refractivity contribution < 1.29 is 26.3 Å². The van der Waals surface area contributed by atoms with Crippen molar-refractivity contribution in [2.45, 2.75) is 55.3 Å². The predicted molar refractivity (Wildman–Crippen MR) is 99.5 cm³/mol. The number of nitrogens with one attached hydrogen (secondary N) is 1.